The number of aromatic nitrogens is 2. The molecule has 0 N–H and O–H groups in total. The second-order valence-corrected chi connectivity index (χ2v) is 6.34. The van der Waals surface area contributed by atoms with Crippen LogP contribution in [0.25, 0.3) is 10.6 Å². The molecule has 0 spiro atoms. The van der Waals surface area contributed by atoms with E-state index in [2.05, 4.69) is 29.1 Å². The Hall–Kier alpha value is -1.91. The highest BCUT2D eigenvalue weighted by Gasteiger charge is 2.05. The molecule has 0 aliphatic carbocycles. The molecular weight excluding hydrogens is 314 g/mol. The Balaban J connectivity index is 1.97. The minimum Gasteiger partial charge on any atom is -0.241 e. The number of hydrogen-bond acceptors (Lipinski definition) is 3. The number of aryl methyl sites for hydroxylation is 2. The van der Waals surface area contributed by atoms with Crippen LogP contribution in [0.15, 0.2) is 53.5 Å². The van der Waals surface area contributed by atoms with Crippen molar-refractivity contribution in [1.82, 2.24) is 9.78 Å². The lowest BCUT2D eigenvalue weighted by atomic mass is 10.2. The summed E-state index contributed by atoms with van der Waals surface area (Å²) in [6.45, 7) is 2.15. The normalized spacial score (nSPS) is 11.9. The molecule has 0 fully saturated rings. The van der Waals surface area contributed by atoms with Crippen molar-refractivity contribution in [3.05, 3.63) is 63.9 Å². The van der Waals surface area contributed by atoms with Crippen LogP contribution in [0.3, 0.4) is 0 Å². The number of rotatable bonds is 3. The number of benzene rings is 2. The van der Waals surface area contributed by atoms with E-state index in [1.165, 1.54) is 5.56 Å². The Bertz CT molecular complexity index is 830. The molecule has 0 aliphatic rings. The first-order valence-electron chi connectivity index (χ1n) is 7.09. The van der Waals surface area contributed by atoms with Gasteiger partial charge >= 0.3 is 0 Å². The van der Waals surface area contributed by atoms with Crippen LogP contribution in [0.1, 0.15) is 12.5 Å². The molecule has 5 heteroatoms. The van der Waals surface area contributed by atoms with Crippen molar-refractivity contribution < 1.29 is 0 Å². The first kappa shape index (κ1) is 15.0. The van der Waals surface area contributed by atoms with Crippen molar-refractivity contribution in [3.8, 4) is 10.6 Å². The van der Waals surface area contributed by atoms with E-state index in [0.717, 1.165) is 32.5 Å². The van der Waals surface area contributed by atoms with E-state index in [0.29, 0.717) is 0 Å². The third-order valence-electron chi connectivity index (χ3n) is 3.37. The molecule has 0 saturated heterocycles. The van der Waals surface area contributed by atoms with Gasteiger partial charge in [-0.1, -0.05) is 54.1 Å². The molecule has 3 nitrogen and oxygen atoms in total. The maximum atomic E-state index is 5.93. The van der Waals surface area contributed by atoms with Crippen molar-refractivity contribution in [2.24, 2.45) is 12.0 Å². The fourth-order valence-corrected chi connectivity index (χ4v) is 3.11. The Morgan fingerprint density at radius 1 is 1.09 bits per heavy atom. The van der Waals surface area contributed by atoms with Crippen LogP contribution in [-0.2, 0) is 13.5 Å². The second kappa shape index (κ2) is 6.46. The zero-order valence-electron chi connectivity index (χ0n) is 12.5. The fraction of sp³-hybridized carbons (Fsp3) is 0.176. The smallest absolute Gasteiger partial charge is 0.208 e. The van der Waals surface area contributed by atoms with Crippen molar-refractivity contribution in [2.45, 2.75) is 13.3 Å². The molecule has 3 rings (SSSR count). The Morgan fingerprint density at radius 3 is 2.41 bits per heavy atom. The van der Waals surface area contributed by atoms with E-state index in [1.807, 2.05) is 48.1 Å². The molecule has 0 unspecified atom stereocenters. The average Bonchev–Trinajstić information content (AvgIpc) is 2.90. The van der Waals surface area contributed by atoms with E-state index in [9.17, 15) is 0 Å². The predicted octanol–water partition coefficient (Wildman–Crippen LogP) is 4.60. The van der Waals surface area contributed by atoms with Gasteiger partial charge in [-0.3, -0.25) is 0 Å². The summed E-state index contributed by atoms with van der Waals surface area (Å²) in [5.74, 6) is 0. The topological polar surface area (TPSA) is 30.2 Å². The molecule has 2 aromatic carbocycles. The lowest BCUT2D eigenvalue weighted by Crippen LogP contribution is -2.10. The van der Waals surface area contributed by atoms with Gasteiger partial charge in [0.2, 0.25) is 4.80 Å². The minimum atomic E-state index is 0.727. The molecule has 1 aromatic heterocycles. The Morgan fingerprint density at radius 2 is 1.77 bits per heavy atom. The summed E-state index contributed by atoms with van der Waals surface area (Å²) in [5.41, 5.74) is 3.31. The van der Waals surface area contributed by atoms with Crippen LogP contribution in [0.4, 0.5) is 5.69 Å². The Kier molecular flexibility index (Phi) is 4.41. The standard InChI is InChI=1S/C17H16ClN3S/c1-3-12-4-10-15(11-5-12)19-17-21(2)20-16(22-17)13-6-8-14(18)9-7-13/h4-11H,3H2,1-2H3. The number of nitrogens with zero attached hydrogens (tertiary/aromatic N) is 3. The van der Waals surface area contributed by atoms with E-state index < -0.39 is 0 Å². The summed E-state index contributed by atoms with van der Waals surface area (Å²) in [6.07, 6.45) is 1.04. The number of hydrogen-bond donors (Lipinski definition) is 0. The SMILES string of the molecule is CCc1ccc(N=c2sc(-c3ccc(Cl)cc3)nn2C)cc1. The molecule has 0 amide bonds. The quantitative estimate of drug-likeness (QED) is 0.690. The zero-order valence-corrected chi connectivity index (χ0v) is 14.0. The van der Waals surface area contributed by atoms with Crippen LogP contribution in [0, 0.1) is 0 Å². The van der Waals surface area contributed by atoms with E-state index in [1.54, 1.807) is 11.3 Å². The van der Waals surface area contributed by atoms with Gasteiger partial charge in [0.15, 0.2) is 0 Å². The molecule has 112 valence electrons. The second-order valence-electron chi connectivity index (χ2n) is 4.95. The van der Waals surface area contributed by atoms with Gasteiger partial charge in [-0.05, 0) is 36.2 Å². The van der Waals surface area contributed by atoms with Gasteiger partial charge in [0.1, 0.15) is 5.01 Å². The van der Waals surface area contributed by atoms with Gasteiger partial charge in [0.25, 0.3) is 0 Å². The lowest BCUT2D eigenvalue weighted by Gasteiger charge is -1.96. The van der Waals surface area contributed by atoms with E-state index >= 15 is 0 Å². The van der Waals surface area contributed by atoms with Gasteiger partial charge in [-0.15, -0.1) is 0 Å². The molecular formula is C17H16ClN3S. The largest absolute Gasteiger partial charge is 0.241 e. The van der Waals surface area contributed by atoms with Crippen LogP contribution in [0.5, 0.6) is 0 Å². The molecule has 0 aliphatic heterocycles. The molecule has 3 aromatic rings. The highest BCUT2D eigenvalue weighted by Crippen LogP contribution is 2.22. The van der Waals surface area contributed by atoms with Gasteiger partial charge < -0.3 is 0 Å². The van der Waals surface area contributed by atoms with Crippen molar-refractivity contribution in [1.29, 1.82) is 0 Å². The molecule has 0 atom stereocenters. The van der Waals surface area contributed by atoms with Crippen molar-refractivity contribution >= 4 is 28.6 Å². The van der Waals surface area contributed by atoms with E-state index in [-0.39, 0.29) is 0 Å². The van der Waals surface area contributed by atoms with E-state index in [4.69, 9.17) is 11.6 Å². The first-order chi connectivity index (χ1) is 10.7. The maximum absolute atomic E-state index is 5.93. The molecule has 22 heavy (non-hydrogen) atoms. The van der Waals surface area contributed by atoms with Gasteiger partial charge in [-0.2, -0.15) is 5.10 Å². The maximum Gasteiger partial charge on any atom is 0.208 e. The van der Waals surface area contributed by atoms with Gasteiger partial charge in [0.05, 0.1) is 5.69 Å². The number of halogens is 1. The zero-order chi connectivity index (χ0) is 15.5. The van der Waals surface area contributed by atoms with Gasteiger partial charge in [0, 0.05) is 17.6 Å². The molecule has 0 saturated carbocycles. The predicted molar refractivity (Wildman–Crippen MR) is 92.6 cm³/mol. The monoisotopic (exact) mass is 329 g/mol. The summed E-state index contributed by atoms with van der Waals surface area (Å²) in [6, 6.07) is 16.0. The summed E-state index contributed by atoms with van der Waals surface area (Å²) in [4.78, 5) is 5.54. The van der Waals surface area contributed by atoms with Crippen LogP contribution in [-0.4, -0.2) is 9.78 Å². The average molecular weight is 330 g/mol. The Labute approximate surface area is 138 Å². The summed E-state index contributed by atoms with van der Waals surface area (Å²) in [5, 5.41) is 6.20. The summed E-state index contributed by atoms with van der Waals surface area (Å²) < 4.78 is 1.81. The third-order valence-corrected chi connectivity index (χ3v) is 4.67. The summed E-state index contributed by atoms with van der Waals surface area (Å²) in [7, 11) is 1.91. The van der Waals surface area contributed by atoms with Gasteiger partial charge in [-0.25, -0.2) is 9.67 Å². The molecule has 0 radical (unpaired) electrons. The van der Waals surface area contributed by atoms with Crippen LogP contribution < -0.4 is 4.80 Å². The summed E-state index contributed by atoms with van der Waals surface area (Å²) >= 11 is 7.49. The molecule has 1 heterocycles. The third kappa shape index (κ3) is 3.29. The first-order valence-corrected chi connectivity index (χ1v) is 8.29. The lowest BCUT2D eigenvalue weighted by molar-refractivity contribution is 0.732. The minimum absolute atomic E-state index is 0.727. The fourth-order valence-electron chi connectivity index (χ4n) is 2.07. The van der Waals surface area contributed by atoms with Crippen LogP contribution >= 0.6 is 22.9 Å². The van der Waals surface area contributed by atoms with Crippen LogP contribution in [0.2, 0.25) is 5.02 Å². The highest BCUT2D eigenvalue weighted by atomic mass is 35.5. The van der Waals surface area contributed by atoms with Crippen molar-refractivity contribution in [2.75, 3.05) is 0 Å². The highest BCUT2D eigenvalue weighted by molar-refractivity contribution is 7.12. The van der Waals surface area contributed by atoms with Crippen molar-refractivity contribution in [3.63, 3.8) is 0 Å². The molecule has 0 bridgehead atoms.